The van der Waals surface area contributed by atoms with Crippen molar-refractivity contribution in [2.45, 2.75) is 84.8 Å². The van der Waals surface area contributed by atoms with Crippen LogP contribution in [0.25, 0.3) is 10.4 Å². The second-order valence-electron chi connectivity index (χ2n) is 14.5. The predicted octanol–water partition coefficient (Wildman–Crippen LogP) is 6.22. The maximum Gasteiger partial charge on any atom is 0.246 e. The molecule has 1 saturated heterocycles. The molecule has 46 heavy (non-hydrogen) atoms. The van der Waals surface area contributed by atoms with E-state index >= 15 is 0 Å². The number of rotatable bonds is 10. The maximum atomic E-state index is 14.1. The molecule has 0 radical (unpaired) electrons. The number of hydrogen-bond acceptors (Lipinski definition) is 7. The minimum Gasteiger partial charge on any atom is -0.477 e. The highest BCUT2D eigenvalue weighted by Gasteiger charge is 2.72. The van der Waals surface area contributed by atoms with Gasteiger partial charge in [-0.25, -0.2) is 9.97 Å². The van der Waals surface area contributed by atoms with E-state index in [-0.39, 0.29) is 29.2 Å². The van der Waals surface area contributed by atoms with Crippen molar-refractivity contribution in [3.8, 4) is 16.3 Å². The van der Waals surface area contributed by atoms with Gasteiger partial charge in [-0.15, -0.1) is 11.3 Å². The zero-order valence-electron chi connectivity index (χ0n) is 27.1. The molecule has 0 spiro atoms. The van der Waals surface area contributed by atoms with Crippen LogP contribution in [0.15, 0.2) is 52.6 Å². The van der Waals surface area contributed by atoms with E-state index in [0.717, 1.165) is 51.9 Å². The molecular formula is C35H42BrN5O4S. The Morgan fingerprint density at radius 3 is 2.41 bits per heavy atom. The number of amides is 3. The van der Waals surface area contributed by atoms with E-state index in [0.29, 0.717) is 25.5 Å². The second kappa shape index (κ2) is 12.4. The van der Waals surface area contributed by atoms with Crippen molar-refractivity contribution in [3.63, 3.8) is 0 Å². The number of hydrogen-bond donors (Lipinski definition) is 2. The first-order chi connectivity index (χ1) is 21.8. The topological polar surface area (TPSA) is 114 Å². The van der Waals surface area contributed by atoms with Crippen LogP contribution in [0.3, 0.4) is 0 Å². The average molecular weight is 709 g/mol. The van der Waals surface area contributed by atoms with Crippen LogP contribution in [-0.2, 0) is 14.4 Å². The molecule has 4 aliphatic rings. The van der Waals surface area contributed by atoms with Crippen LogP contribution in [0.2, 0.25) is 0 Å². The molecule has 3 amide bonds. The van der Waals surface area contributed by atoms with Crippen molar-refractivity contribution in [1.29, 1.82) is 0 Å². The molecular weight excluding hydrogens is 666 g/mol. The monoisotopic (exact) mass is 707 g/mol. The van der Waals surface area contributed by atoms with Crippen LogP contribution < -0.4 is 15.4 Å². The molecule has 3 aliphatic carbocycles. The number of thiazole rings is 1. The lowest BCUT2D eigenvalue weighted by Crippen LogP contribution is -2.71. The first-order valence-corrected chi connectivity index (χ1v) is 17.6. The van der Waals surface area contributed by atoms with Gasteiger partial charge in [0.05, 0.1) is 34.1 Å². The van der Waals surface area contributed by atoms with Gasteiger partial charge in [-0.1, -0.05) is 45.0 Å². The SMILES string of the molecule is Cc1ncsc1-c1ccc([C@H](C)NC(=O)[C@@H]2CCCN2C(=O)[C@@H](NC(=O)C23CC(COc4ccc(Br)cn4)(C2)C3)C(C)(C)C)cc1. The Morgan fingerprint density at radius 2 is 1.80 bits per heavy atom. The number of aromatic nitrogens is 2. The van der Waals surface area contributed by atoms with Crippen molar-refractivity contribution in [3.05, 3.63) is 63.8 Å². The molecule has 3 aromatic rings. The molecule has 2 bridgehead atoms. The Bertz CT molecular complexity index is 1600. The van der Waals surface area contributed by atoms with Gasteiger partial charge in [0.15, 0.2) is 0 Å². The summed E-state index contributed by atoms with van der Waals surface area (Å²) < 4.78 is 6.81. The number of nitrogens with one attached hydrogen (secondary N) is 2. The van der Waals surface area contributed by atoms with Crippen LogP contribution in [0.1, 0.15) is 77.1 Å². The van der Waals surface area contributed by atoms with Crippen LogP contribution in [0.5, 0.6) is 5.88 Å². The maximum absolute atomic E-state index is 14.1. The van der Waals surface area contributed by atoms with E-state index < -0.39 is 22.9 Å². The third-order valence-electron chi connectivity index (χ3n) is 9.85. The molecule has 2 aromatic heterocycles. The number of nitrogens with zero attached hydrogens (tertiary/aromatic N) is 3. The smallest absolute Gasteiger partial charge is 0.246 e. The second-order valence-corrected chi connectivity index (χ2v) is 16.3. The van der Waals surface area contributed by atoms with E-state index in [1.165, 1.54) is 0 Å². The number of aryl methyl sites for hydroxylation is 1. The Labute approximate surface area is 283 Å². The van der Waals surface area contributed by atoms with E-state index in [2.05, 4.69) is 48.7 Å². The van der Waals surface area contributed by atoms with Crippen molar-refractivity contribution in [2.24, 2.45) is 16.2 Å². The van der Waals surface area contributed by atoms with Crippen molar-refractivity contribution in [1.82, 2.24) is 25.5 Å². The lowest BCUT2D eigenvalue weighted by Gasteiger charge is -2.69. The molecule has 3 heterocycles. The number of pyridine rings is 1. The van der Waals surface area contributed by atoms with Gasteiger partial charge in [0.25, 0.3) is 0 Å². The normalized spacial score (nSPS) is 24.7. The fourth-order valence-electron chi connectivity index (χ4n) is 7.36. The quantitative estimate of drug-likeness (QED) is 0.259. The molecule has 3 atom stereocenters. The van der Waals surface area contributed by atoms with Crippen molar-refractivity contribution in [2.75, 3.05) is 13.2 Å². The van der Waals surface area contributed by atoms with Gasteiger partial charge < -0.3 is 20.3 Å². The highest BCUT2D eigenvalue weighted by molar-refractivity contribution is 9.10. The molecule has 9 nitrogen and oxygen atoms in total. The van der Waals surface area contributed by atoms with Crippen molar-refractivity contribution < 1.29 is 19.1 Å². The number of benzene rings is 1. The summed E-state index contributed by atoms with van der Waals surface area (Å²) >= 11 is 4.99. The van der Waals surface area contributed by atoms with Crippen LogP contribution >= 0.6 is 27.3 Å². The van der Waals surface area contributed by atoms with Gasteiger partial charge in [-0.2, -0.15) is 0 Å². The summed E-state index contributed by atoms with van der Waals surface area (Å²) in [6, 6.07) is 10.4. The Morgan fingerprint density at radius 1 is 1.09 bits per heavy atom. The van der Waals surface area contributed by atoms with Crippen LogP contribution in [0.4, 0.5) is 0 Å². The van der Waals surface area contributed by atoms with Gasteiger partial charge in [-0.05, 0) is 84.5 Å². The summed E-state index contributed by atoms with van der Waals surface area (Å²) in [5, 5.41) is 6.27. The first kappa shape index (κ1) is 32.6. The Hall–Kier alpha value is -3.31. The zero-order valence-corrected chi connectivity index (χ0v) is 29.5. The number of carbonyl (C=O) groups excluding carboxylic acids is 3. The summed E-state index contributed by atoms with van der Waals surface area (Å²) in [6.45, 7) is 10.9. The largest absolute Gasteiger partial charge is 0.477 e. The molecule has 11 heteroatoms. The van der Waals surface area contributed by atoms with Gasteiger partial charge in [0.1, 0.15) is 12.1 Å². The lowest BCUT2D eigenvalue weighted by atomic mass is 9.35. The van der Waals surface area contributed by atoms with Gasteiger partial charge in [0.2, 0.25) is 23.6 Å². The fourth-order valence-corrected chi connectivity index (χ4v) is 8.41. The summed E-state index contributed by atoms with van der Waals surface area (Å²) in [6.07, 6.45) is 5.26. The van der Waals surface area contributed by atoms with E-state index in [9.17, 15) is 14.4 Å². The molecule has 1 aromatic carbocycles. The average Bonchev–Trinajstić information content (AvgIpc) is 3.64. The number of halogens is 1. The summed E-state index contributed by atoms with van der Waals surface area (Å²) in [5.74, 6) is 0.140. The Balaban J connectivity index is 1.05. The van der Waals surface area contributed by atoms with Crippen molar-refractivity contribution >= 4 is 45.0 Å². The van der Waals surface area contributed by atoms with Gasteiger partial charge in [0, 0.05) is 28.7 Å². The van der Waals surface area contributed by atoms with Gasteiger partial charge >= 0.3 is 0 Å². The third-order valence-corrected chi connectivity index (χ3v) is 11.3. The number of carbonyl (C=O) groups is 3. The predicted molar refractivity (Wildman–Crippen MR) is 181 cm³/mol. The highest BCUT2D eigenvalue weighted by Crippen LogP contribution is 2.73. The van der Waals surface area contributed by atoms with E-state index in [4.69, 9.17) is 4.74 Å². The zero-order chi connectivity index (χ0) is 32.9. The summed E-state index contributed by atoms with van der Waals surface area (Å²) in [5.41, 5.74) is 3.95. The third kappa shape index (κ3) is 6.32. The summed E-state index contributed by atoms with van der Waals surface area (Å²) in [4.78, 5) is 52.7. The van der Waals surface area contributed by atoms with E-state index in [1.54, 1.807) is 22.4 Å². The molecule has 3 saturated carbocycles. The van der Waals surface area contributed by atoms with Gasteiger partial charge in [-0.3, -0.25) is 14.4 Å². The molecule has 1 aliphatic heterocycles. The minimum atomic E-state index is -0.734. The van der Waals surface area contributed by atoms with E-state index in [1.807, 2.05) is 64.4 Å². The lowest BCUT2D eigenvalue weighted by molar-refractivity contribution is -0.218. The Kier molecular flexibility index (Phi) is 8.78. The molecule has 4 fully saturated rings. The molecule has 7 rings (SSSR count). The molecule has 244 valence electrons. The standard InChI is InChI=1S/C35H42BrN5O4S/c1-21(23-8-10-24(11-9-23)28-22(2)38-20-46-28)39-30(42)26-7-6-14-41(26)31(43)29(33(3,4)5)40-32(44)35-16-34(17-35,18-35)19-45-27-13-12-25(36)15-37-27/h8-13,15,20-21,26,29H,6-7,14,16-19H2,1-5H3,(H,39,42)(H,40,44)/t21-,26-,29+,34?,35?/m0/s1. The first-order valence-electron chi connectivity index (χ1n) is 16.0. The number of ether oxygens (including phenoxy) is 1. The minimum absolute atomic E-state index is 0.0113. The van der Waals surface area contributed by atoms with Crippen LogP contribution in [0, 0.1) is 23.2 Å². The number of likely N-dealkylation sites (tertiary alicyclic amines) is 1. The summed E-state index contributed by atoms with van der Waals surface area (Å²) in [7, 11) is 0. The highest BCUT2D eigenvalue weighted by atomic mass is 79.9. The fraction of sp³-hybridized carbons (Fsp3) is 0.514. The van der Waals surface area contributed by atoms with Crippen LogP contribution in [-0.4, -0.2) is 57.8 Å². The molecule has 0 unspecified atom stereocenters. The molecule has 2 N–H and O–H groups in total.